The molecule has 2 aromatic carbocycles. The van der Waals surface area contributed by atoms with Gasteiger partial charge in [-0.3, -0.25) is 9.59 Å². The number of halogens is 2. The van der Waals surface area contributed by atoms with E-state index in [1.165, 1.54) is 0 Å². The van der Waals surface area contributed by atoms with Crippen LogP contribution in [0.5, 0.6) is 0 Å². The van der Waals surface area contributed by atoms with Gasteiger partial charge in [0.25, 0.3) is 5.91 Å². The van der Waals surface area contributed by atoms with Crippen molar-refractivity contribution in [1.29, 1.82) is 0 Å². The Balaban J connectivity index is 1.58. The Hall–Kier alpha value is -2.80. The molecule has 0 saturated carbocycles. The summed E-state index contributed by atoms with van der Waals surface area (Å²) in [7, 11) is 0. The number of hydrogen-bond acceptors (Lipinski definition) is 3. The number of rotatable bonds is 4. The summed E-state index contributed by atoms with van der Waals surface area (Å²) in [5, 5.41) is 12.0. The fourth-order valence-electron chi connectivity index (χ4n) is 2.98. The quantitative estimate of drug-likeness (QED) is 0.865. The topological polar surface area (TPSA) is 69.6 Å². The van der Waals surface area contributed by atoms with Crippen molar-refractivity contribution in [2.24, 2.45) is 0 Å². The fourth-order valence-corrected chi connectivity index (χ4v) is 2.98. The second-order valence-corrected chi connectivity index (χ2v) is 6.56. The van der Waals surface area contributed by atoms with Crippen molar-refractivity contribution in [3.05, 3.63) is 65.2 Å². The van der Waals surface area contributed by atoms with Gasteiger partial charge in [-0.2, -0.15) is 0 Å². The Morgan fingerprint density at radius 1 is 1.07 bits per heavy atom. The largest absolute Gasteiger partial charge is 0.393 e. The summed E-state index contributed by atoms with van der Waals surface area (Å²) < 4.78 is 26.6. The molecule has 27 heavy (non-hydrogen) atoms. The zero-order valence-electron chi connectivity index (χ0n) is 14.6. The van der Waals surface area contributed by atoms with E-state index in [0.717, 1.165) is 17.7 Å². The number of hydrogen-bond donors (Lipinski definition) is 2. The first-order chi connectivity index (χ1) is 12.9. The third kappa shape index (κ3) is 4.89. The van der Waals surface area contributed by atoms with Gasteiger partial charge in [-0.1, -0.05) is 12.1 Å². The van der Waals surface area contributed by atoms with E-state index in [2.05, 4.69) is 5.32 Å². The van der Waals surface area contributed by atoms with Gasteiger partial charge in [0, 0.05) is 24.8 Å². The average molecular weight is 374 g/mol. The van der Waals surface area contributed by atoms with Crippen LogP contribution >= 0.6 is 0 Å². The number of nitrogens with zero attached hydrogens (tertiary/aromatic N) is 1. The molecular formula is C20H20F2N2O3. The van der Waals surface area contributed by atoms with Crippen molar-refractivity contribution in [3.63, 3.8) is 0 Å². The lowest BCUT2D eigenvalue weighted by Crippen LogP contribution is -2.40. The first-order valence-corrected chi connectivity index (χ1v) is 8.73. The maximum atomic E-state index is 13.7. The van der Waals surface area contributed by atoms with Crippen LogP contribution in [0.15, 0.2) is 42.5 Å². The summed E-state index contributed by atoms with van der Waals surface area (Å²) in [4.78, 5) is 26.1. The van der Waals surface area contributed by atoms with Crippen molar-refractivity contribution in [1.82, 2.24) is 4.90 Å². The van der Waals surface area contributed by atoms with E-state index < -0.39 is 17.5 Å². The fraction of sp³-hybridized carbons (Fsp3) is 0.300. The molecule has 0 unspecified atom stereocenters. The third-order valence-corrected chi connectivity index (χ3v) is 4.56. The predicted octanol–water partition coefficient (Wildman–Crippen LogP) is 2.74. The monoisotopic (exact) mass is 374 g/mol. The van der Waals surface area contributed by atoms with Crippen LogP contribution in [0.3, 0.4) is 0 Å². The number of piperidine rings is 1. The second kappa shape index (κ2) is 8.26. The third-order valence-electron chi connectivity index (χ3n) is 4.56. The first kappa shape index (κ1) is 19.0. The van der Waals surface area contributed by atoms with Gasteiger partial charge in [-0.25, -0.2) is 8.78 Å². The predicted molar refractivity (Wildman–Crippen MR) is 96.3 cm³/mol. The van der Waals surface area contributed by atoms with Crippen LogP contribution < -0.4 is 5.32 Å². The lowest BCUT2D eigenvalue weighted by atomic mass is 10.1. The smallest absolute Gasteiger partial charge is 0.258 e. The molecule has 1 saturated heterocycles. The molecule has 1 fully saturated rings. The lowest BCUT2D eigenvalue weighted by Gasteiger charge is -2.29. The number of nitrogens with one attached hydrogen (secondary N) is 1. The normalized spacial score (nSPS) is 14.9. The molecule has 0 aromatic heterocycles. The van der Waals surface area contributed by atoms with E-state index in [9.17, 15) is 23.5 Å². The highest BCUT2D eigenvalue weighted by Crippen LogP contribution is 2.16. The van der Waals surface area contributed by atoms with Gasteiger partial charge >= 0.3 is 0 Å². The Morgan fingerprint density at radius 3 is 2.37 bits per heavy atom. The van der Waals surface area contributed by atoms with Crippen LogP contribution in [-0.2, 0) is 11.2 Å². The number of likely N-dealkylation sites (tertiary alicyclic amines) is 1. The molecule has 142 valence electrons. The molecule has 0 radical (unpaired) electrons. The highest BCUT2D eigenvalue weighted by molar-refractivity contribution is 6.04. The summed E-state index contributed by atoms with van der Waals surface area (Å²) in [5.74, 6) is -2.36. The number of amides is 2. The van der Waals surface area contributed by atoms with Crippen molar-refractivity contribution >= 4 is 17.5 Å². The number of anilines is 1. The molecule has 1 aliphatic rings. The number of carbonyl (C=O) groups is 2. The zero-order chi connectivity index (χ0) is 19.4. The van der Waals surface area contributed by atoms with Gasteiger partial charge in [0.2, 0.25) is 5.91 Å². The molecule has 0 spiro atoms. The number of aliphatic hydroxyl groups excluding tert-OH is 1. The van der Waals surface area contributed by atoms with Gasteiger partial charge in [0.15, 0.2) is 0 Å². The van der Waals surface area contributed by atoms with Crippen LogP contribution in [0.4, 0.5) is 14.5 Å². The Kier molecular flexibility index (Phi) is 5.81. The molecule has 3 rings (SSSR count). The van der Waals surface area contributed by atoms with E-state index in [4.69, 9.17) is 0 Å². The number of carbonyl (C=O) groups excluding carboxylic acids is 2. The van der Waals surface area contributed by atoms with Gasteiger partial charge in [-0.05, 0) is 42.7 Å². The first-order valence-electron chi connectivity index (χ1n) is 8.73. The molecule has 2 N–H and O–H groups in total. The highest BCUT2D eigenvalue weighted by atomic mass is 19.1. The molecule has 1 heterocycles. The van der Waals surface area contributed by atoms with E-state index >= 15 is 0 Å². The molecule has 1 aliphatic heterocycles. The number of benzene rings is 2. The maximum Gasteiger partial charge on any atom is 0.258 e. The molecule has 2 aromatic rings. The summed E-state index contributed by atoms with van der Waals surface area (Å²) in [6.07, 6.45) is 1.09. The summed E-state index contributed by atoms with van der Waals surface area (Å²) in [6.45, 7) is 1.11. The van der Waals surface area contributed by atoms with Crippen LogP contribution in [0.1, 0.15) is 28.8 Å². The zero-order valence-corrected chi connectivity index (χ0v) is 14.6. The minimum atomic E-state index is -0.929. The SMILES string of the molecule is O=C(Nc1ccc(CC(=O)N2CCC(O)CC2)cc1)c1ccc(F)cc1F. The molecule has 0 bridgehead atoms. The van der Waals surface area contributed by atoms with E-state index in [0.29, 0.717) is 37.7 Å². The van der Waals surface area contributed by atoms with Gasteiger partial charge in [-0.15, -0.1) is 0 Å². The van der Waals surface area contributed by atoms with Crippen LogP contribution in [0, 0.1) is 11.6 Å². The van der Waals surface area contributed by atoms with Crippen molar-refractivity contribution < 1.29 is 23.5 Å². The van der Waals surface area contributed by atoms with Crippen molar-refractivity contribution in [2.45, 2.75) is 25.4 Å². The summed E-state index contributed by atoms with van der Waals surface area (Å²) in [5.41, 5.74) is 0.987. The molecule has 5 nitrogen and oxygen atoms in total. The maximum absolute atomic E-state index is 13.7. The highest BCUT2D eigenvalue weighted by Gasteiger charge is 2.21. The molecule has 2 amide bonds. The number of aliphatic hydroxyl groups is 1. The van der Waals surface area contributed by atoms with Crippen LogP contribution in [0.2, 0.25) is 0 Å². The standard InChI is InChI=1S/C20H20F2N2O3/c21-14-3-6-17(18(22)12-14)20(27)23-15-4-1-13(2-5-15)11-19(26)24-9-7-16(25)8-10-24/h1-6,12,16,25H,7-11H2,(H,23,27). The summed E-state index contributed by atoms with van der Waals surface area (Å²) in [6, 6.07) is 9.45. The van der Waals surface area contributed by atoms with E-state index in [1.807, 2.05) is 0 Å². The molecule has 0 aliphatic carbocycles. The van der Waals surface area contributed by atoms with Gasteiger partial charge in [0.05, 0.1) is 18.1 Å². The van der Waals surface area contributed by atoms with Gasteiger partial charge in [0.1, 0.15) is 11.6 Å². The minimum Gasteiger partial charge on any atom is -0.393 e. The molecule has 0 atom stereocenters. The Morgan fingerprint density at radius 2 is 1.74 bits per heavy atom. The van der Waals surface area contributed by atoms with E-state index in [-0.39, 0.29) is 24.0 Å². The lowest BCUT2D eigenvalue weighted by molar-refractivity contribution is -0.132. The van der Waals surface area contributed by atoms with Gasteiger partial charge < -0.3 is 15.3 Å². The van der Waals surface area contributed by atoms with E-state index in [1.54, 1.807) is 29.2 Å². The minimum absolute atomic E-state index is 0.00734. The van der Waals surface area contributed by atoms with Crippen molar-refractivity contribution in [3.8, 4) is 0 Å². The van der Waals surface area contributed by atoms with Crippen LogP contribution in [-0.4, -0.2) is 41.0 Å². The Bertz CT molecular complexity index is 832. The Labute approximate surface area is 155 Å². The summed E-state index contributed by atoms with van der Waals surface area (Å²) >= 11 is 0. The second-order valence-electron chi connectivity index (χ2n) is 6.56. The molecular weight excluding hydrogens is 354 g/mol. The van der Waals surface area contributed by atoms with Crippen LogP contribution in [0.25, 0.3) is 0 Å². The van der Waals surface area contributed by atoms with Crippen molar-refractivity contribution in [2.75, 3.05) is 18.4 Å². The molecule has 7 heteroatoms. The average Bonchev–Trinajstić information content (AvgIpc) is 2.63.